The molecule has 0 aromatic carbocycles. The summed E-state index contributed by atoms with van der Waals surface area (Å²) >= 11 is 5.30. The zero-order valence-electron chi connectivity index (χ0n) is 6.94. The molecule has 0 saturated carbocycles. The van der Waals surface area contributed by atoms with Crippen molar-refractivity contribution in [2.45, 2.75) is 0 Å². The molecular weight excluding hydrogens is 214 g/mol. The minimum Gasteiger partial charge on any atom is -0.329 e. The monoisotopic (exact) mass is 223 g/mol. The smallest absolute Gasteiger partial charge is 0.316 e. The van der Waals surface area contributed by atoms with Crippen molar-refractivity contribution >= 4 is 26.8 Å². The van der Waals surface area contributed by atoms with E-state index in [1.54, 1.807) is 0 Å². The first-order valence-corrected chi connectivity index (χ1v) is 6.33. The van der Waals surface area contributed by atoms with Crippen LogP contribution >= 0.6 is 11.6 Å². The molecule has 2 aliphatic heterocycles. The lowest BCUT2D eigenvalue weighted by atomic mass is 10.0. The van der Waals surface area contributed by atoms with E-state index in [0.717, 1.165) is 0 Å². The maximum absolute atomic E-state index is 11.2. The van der Waals surface area contributed by atoms with Gasteiger partial charge >= 0.3 is 5.37 Å². The summed E-state index contributed by atoms with van der Waals surface area (Å²) in [5.74, 6) is 0.678. The number of sulfone groups is 1. The Morgan fingerprint density at radius 3 is 2.08 bits per heavy atom. The van der Waals surface area contributed by atoms with Crippen LogP contribution in [0.5, 0.6) is 0 Å². The van der Waals surface area contributed by atoms with Crippen LogP contribution < -0.4 is 0 Å². The van der Waals surface area contributed by atoms with Gasteiger partial charge in [0.1, 0.15) is 0 Å². The summed E-state index contributed by atoms with van der Waals surface area (Å²) in [6.45, 7) is 1.01. The van der Waals surface area contributed by atoms with Crippen molar-refractivity contribution in [3.63, 3.8) is 0 Å². The molecule has 0 radical (unpaired) electrons. The Morgan fingerprint density at radius 2 is 1.69 bits per heavy atom. The molecule has 0 aromatic heterocycles. The normalized spacial score (nSPS) is 36.2. The molecule has 2 heterocycles. The van der Waals surface area contributed by atoms with Gasteiger partial charge in [-0.3, -0.25) is 4.79 Å². The van der Waals surface area contributed by atoms with Crippen LogP contribution in [0.3, 0.4) is 0 Å². The molecule has 6 heteroatoms. The first kappa shape index (κ1) is 9.27. The van der Waals surface area contributed by atoms with Gasteiger partial charge < -0.3 is 4.90 Å². The fraction of sp³-hybridized carbons (Fsp3) is 0.857. The highest BCUT2D eigenvalue weighted by molar-refractivity contribution is 7.91. The Balaban J connectivity index is 2.09. The third-order valence-electron chi connectivity index (χ3n) is 2.76. The molecule has 0 spiro atoms. The molecule has 2 saturated heterocycles. The van der Waals surface area contributed by atoms with Crippen molar-refractivity contribution in [1.82, 2.24) is 4.90 Å². The van der Waals surface area contributed by atoms with Crippen molar-refractivity contribution in [3.8, 4) is 0 Å². The van der Waals surface area contributed by atoms with E-state index in [0.29, 0.717) is 13.1 Å². The quantitative estimate of drug-likeness (QED) is 0.439. The highest BCUT2D eigenvalue weighted by atomic mass is 35.5. The van der Waals surface area contributed by atoms with Gasteiger partial charge in [-0.25, -0.2) is 8.42 Å². The van der Waals surface area contributed by atoms with Crippen LogP contribution in [0.4, 0.5) is 4.79 Å². The summed E-state index contributed by atoms with van der Waals surface area (Å²) in [5, 5.41) is -0.466. The molecule has 0 aromatic rings. The predicted octanol–water partition coefficient (Wildman–Crippen LogP) is 0.322. The summed E-state index contributed by atoms with van der Waals surface area (Å²) in [6.07, 6.45) is 0. The molecule has 1 amide bonds. The summed E-state index contributed by atoms with van der Waals surface area (Å²) in [7, 11) is -2.84. The second-order valence-corrected chi connectivity index (χ2v) is 6.23. The molecule has 0 unspecified atom stereocenters. The van der Waals surface area contributed by atoms with Crippen molar-refractivity contribution in [2.75, 3.05) is 24.6 Å². The number of fused-ring (bicyclic) bond motifs is 1. The number of hydrogen-bond acceptors (Lipinski definition) is 3. The van der Waals surface area contributed by atoms with E-state index in [1.807, 2.05) is 0 Å². The minimum absolute atomic E-state index is 0.118. The maximum atomic E-state index is 11.2. The molecule has 4 nitrogen and oxygen atoms in total. The number of likely N-dealkylation sites (tertiary alicyclic amines) is 1. The molecule has 74 valence electrons. The van der Waals surface area contributed by atoms with Crippen LogP contribution in [-0.2, 0) is 9.84 Å². The molecule has 2 fully saturated rings. The topological polar surface area (TPSA) is 54.5 Å². The minimum atomic E-state index is -2.84. The third kappa shape index (κ3) is 1.67. The number of amides is 1. The molecule has 2 atom stereocenters. The molecular formula is C7H10ClNO3S. The highest BCUT2D eigenvalue weighted by Gasteiger charge is 2.44. The van der Waals surface area contributed by atoms with Crippen LogP contribution in [-0.4, -0.2) is 43.3 Å². The average molecular weight is 224 g/mol. The lowest BCUT2D eigenvalue weighted by molar-refractivity contribution is 0.230. The van der Waals surface area contributed by atoms with E-state index in [2.05, 4.69) is 0 Å². The largest absolute Gasteiger partial charge is 0.329 e. The zero-order chi connectivity index (χ0) is 9.64. The summed E-state index contributed by atoms with van der Waals surface area (Å²) in [5.41, 5.74) is 0. The van der Waals surface area contributed by atoms with E-state index in [9.17, 15) is 13.2 Å². The zero-order valence-corrected chi connectivity index (χ0v) is 8.51. The highest BCUT2D eigenvalue weighted by Crippen LogP contribution is 2.32. The predicted molar refractivity (Wildman–Crippen MR) is 48.5 cm³/mol. The van der Waals surface area contributed by atoms with Crippen LogP contribution in [0.1, 0.15) is 0 Å². The summed E-state index contributed by atoms with van der Waals surface area (Å²) < 4.78 is 22.4. The van der Waals surface area contributed by atoms with Crippen LogP contribution in [0.25, 0.3) is 0 Å². The van der Waals surface area contributed by atoms with Crippen molar-refractivity contribution in [2.24, 2.45) is 11.8 Å². The number of carbonyl (C=O) groups is 1. The summed E-state index contributed by atoms with van der Waals surface area (Å²) in [4.78, 5) is 12.3. The number of nitrogens with zero attached hydrogens (tertiary/aromatic N) is 1. The lowest BCUT2D eigenvalue weighted by Gasteiger charge is -2.12. The second-order valence-electron chi connectivity index (χ2n) is 3.75. The maximum Gasteiger partial charge on any atom is 0.316 e. The molecule has 0 aliphatic carbocycles. The van der Waals surface area contributed by atoms with Gasteiger partial charge in [0.2, 0.25) is 0 Å². The number of carbonyl (C=O) groups excluding carboxylic acids is 1. The van der Waals surface area contributed by atoms with Gasteiger partial charge in [0, 0.05) is 13.1 Å². The fourth-order valence-corrected chi connectivity index (χ4v) is 4.51. The first-order valence-electron chi connectivity index (χ1n) is 4.13. The molecule has 2 rings (SSSR count). The molecule has 2 aliphatic rings. The molecule has 0 bridgehead atoms. The van der Waals surface area contributed by atoms with Gasteiger partial charge in [-0.15, -0.1) is 0 Å². The number of rotatable bonds is 0. The van der Waals surface area contributed by atoms with Crippen molar-refractivity contribution in [3.05, 3.63) is 0 Å². The Bertz CT molecular complexity index is 320. The van der Waals surface area contributed by atoms with Crippen LogP contribution in [0.15, 0.2) is 0 Å². The Labute approximate surface area is 81.8 Å². The van der Waals surface area contributed by atoms with Gasteiger partial charge in [-0.1, -0.05) is 0 Å². The van der Waals surface area contributed by atoms with E-state index < -0.39 is 15.2 Å². The lowest BCUT2D eigenvalue weighted by Crippen LogP contribution is -2.26. The van der Waals surface area contributed by atoms with Crippen LogP contribution in [0.2, 0.25) is 0 Å². The van der Waals surface area contributed by atoms with Gasteiger partial charge in [0.05, 0.1) is 11.5 Å². The van der Waals surface area contributed by atoms with E-state index in [1.165, 1.54) is 4.90 Å². The van der Waals surface area contributed by atoms with Gasteiger partial charge in [-0.05, 0) is 23.4 Å². The van der Waals surface area contributed by atoms with E-state index in [-0.39, 0.29) is 23.3 Å². The average Bonchev–Trinajstić information content (AvgIpc) is 2.39. The Morgan fingerprint density at radius 1 is 1.23 bits per heavy atom. The van der Waals surface area contributed by atoms with Crippen molar-refractivity contribution in [1.29, 1.82) is 0 Å². The number of hydrogen-bond donors (Lipinski definition) is 0. The van der Waals surface area contributed by atoms with Gasteiger partial charge in [-0.2, -0.15) is 0 Å². The van der Waals surface area contributed by atoms with E-state index >= 15 is 0 Å². The Kier molecular flexibility index (Phi) is 2.03. The molecule has 0 N–H and O–H groups in total. The standard InChI is InChI=1S/C7H10ClNO3S/c8-7(10)9-1-5-3-13(11,12)4-6(5)2-9/h5-6H,1-4H2/t5-,6+. The third-order valence-corrected chi connectivity index (χ3v) is 4.87. The van der Waals surface area contributed by atoms with E-state index in [4.69, 9.17) is 11.6 Å². The first-order chi connectivity index (χ1) is 5.98. The molecule has 13 heavy (non-hydrogen) atoms. The van der Waals surface area contributed by atoms with Gasteiger partial charge in [0.15, 0.2) is 9.84 Å². The fourth-order valence-electron chi connectivity index (χ4n) is 2.18. The number of halogens is 1. The van der Waals surface area contributed by atoms with Gasteiger partial charge in [0.25, 0.3) is 0 Å². The SMILES string of the molecule is O=C(Cl)N1C[C@@H]2CS(=O)(=O)C[C@@H]2C1. The summed E-state index contributed by atoms with van der Waals surface area (Å²) in [6, 6.07) is 0. The second kappa shape index (κ2) is 2.85. The van der Waals surface area contributed by atoms with Crippen LogP contribution in [0, 0.1) is 11.8 Å². The van der Waals surface area contributed by atoms with Crippen molar-refractivity contribution < 1.29 is 13.2 Å². The Hall–Kier alpha value is -0.290.